The zero-order valence-electron chi connectivity index (χ0n) is 14.5. The largest absolute Gasteiger partial charge is 0.338 e. The number of rotatable bonds is 6. The van der Waals surface area contributed by atoms with Crippen molar-refractivity contribution in [2.45, 2.75) is 33.7 Å². The number of hydrogen-bond acceptors (Lipinski definition) is 2. The molecule has 126 valence electrons. The van der Waals surface area contributed by atoms with Gasteiger partial charge < -0.3 is 10.2 Å². The van der Waals surface area contributed by atoms with E-state index in [1.54, 1.807) is 4.90 Å². The Hall–Kier alpha value is -2.62. The first kappa shape index (κ1) is 17.7. The van der Waals surface area contributed by atoms with Gasteiger partial charge >= 0.3 is 0 Å². The van der Waals surface area contributed by atoms with Crippen LogP contribution in [0.5, 0.6) is 0 Å². The predicted octanol–water partition coefficient (Wildman–Crippen LogP) is 3.68. The van der Waals surface area contributed by atoms with E-state index in [-0.39, 0.29) is 18.2 Å². The lowest BCUT2D eigenvalue weighted by atomic mass is 10.1. The van der Waals surface area contributed by atoms with Gasteiger partial charge in [-0.15, -0.1) is 0 Å². The molecule has 0 atom stereocenters. The van der Waals surface area contributed by atoms with Gasteiger partial charge in [0.2, 0.25) is 11.8 Å². The molecule has 4 heteroatoms. The maximum atomic E-state index is 12.1. The Morgan fingerprint density at radius 1 is 1.00 bits per heavy atom. The Bertz CT molecular complexity index is 708. The molecule has 2 rings (SSSR count). The molecule has 0 saturated carbocycles. The molecule has 0 heterocycles. The van der Waals surface area contributed by atoms with E-state index >= 15 is 0 Å². The highest BCUT2D eigenvalue weighted by molar-refractivity contribution is 5.91. The number of amides is 2. The lowest BCUT2D eigenvalue weighted by Gasteiger charge is -2.21. The summed E-state index contributed by atoms with van der Waals surface area (Å²) in [6.45, 7) is 6.47. The van der Waals surface area contributed by atoms with E-state index < -0.39 is 0 Å². The molecular formula is C20H24N2O2. The van der Waals surface area contributed by atoms with Crippen LogP contribution < -0.4 is 5.32 Å². The minimum Gasteiger partial charge on any atom is -0.338 e. The Balaban J connectivity index is 1.90. The van der Waals surface area contributed by atoms with Crippen molar-refractivity contribution in [2.75, 3.05) is 11.9 Å². The molecule has 0 bridgehead atoms. The van der Waals surface area contributed by atoms with Crippen LogP contribution in [0.1, 0.15) is 30.0 Å². The summed E-state index contributed by atoms with van der Waals surface area (Å²) >= 11 is 0. The summed E-state index contributed by atoms with van der Waals surface area (Å²) in [7, 11) is 0. The Labute approximate surface area is 143 Å². The van der Waals surface area contributed by atoms with Gasteiger partial charge in [-0.2, -0.15) is 0 Å². The van der Waals surface area contributed by atoms with Gasteiger partial charge in [-0.1, -0.05) is 42.0 Å². The molecule has 1 N–H and O–H groups in total. The average Bonchev–Trinajstić information content (AvgIpc) is 2.53. The summed E-state index contributed by atoms with van der Waals surface area (Å²) in [5, 5.41) is 2.87. The number of carbonyl (C=O) groups is 2. The summed E-state index contributed by atoms with van der Waals surface area (Å²) in [5.74, 6) is -0.116. The van der Waals surface area contributed by atoms with Gasteiger partial charge in [0.1, 0.15) is 0 Å². The van der Waals surface area contributed by atoms with Crippen LogP contribution in [0.3, 0.4) is 0 Å². The van der Waals surface area contributed by atoms with Crippen LogP contribution in [0.25, 0.3) is 0 Å². The fourth-order valence-corrected chi connectivity index (χ4v) is 2.44. The molecule has 24 heavy (non-hydrogen) atoms. The van der Waals surface area contributed by atoms with Crippen LogP contribution in [0.15, 0.2) is 48.5 Å². The van der Waals surface area contributed by atoms with Crippen molar-refractivity contribution in [3.8, 4) is 0 Å². The fraction of sp³-hybridized carbons (Fsp3) is 0.300. The number of nitrogens with one attached hydrogen (secondary N) is 1. The van der Waals surface area contributed by atoms with Crippen molar-refractivity contribution < 1.29 is 9.59 Å². The van der Waals surface area contributed by atoms with Crippen LogP contribution in [0.4, 0.5) is 5.69 Å². The minimum atomic E-state index is -0.0873. The van der Waals surface area contributed by atoms with Gasteiger partial charge in [0.15, 0.2) is 0 Å². The molecule has 0 aliphatic heterocycles. The highest BCUT2D eigenvalue weighted by Gasteiger charge is 2.12. The van der Waals surface area contributed by atoms with Crippen molar-refractivity contribution in [3.63, 3.8) is 0 Å². The summed E-state index contributed by atoms with van der Waals surface area (Å²) in [5.41, 5.74) is 4.13. The van der Waals surface area contributed by atoms with Crippen molar-refractivity contribution in [3.05, 3.63) is 65.2 Å². The highest BCUT2D eigenvalue weighted by Crippen LogP contribution is 2.11. The van der Waals surface area contributed by atoms with Crippen LogP contribution in [-0.4, -0.2) is 23.3 Å². The average molecular weight is 324 g/mol. The molecule has 0 spiro atoms. The third kappa shape index (κ3) is 5.54. The van der Waals surface area contributed by atoms with E-state index in [1.165, 1.54) is 12.5 Å². The number of benzene rings is 2. The lowest BCUT2D eigenvalue weighted by molar-refractivity contribution is -0.129. The first-order valence-corrected chi connectivity index (χ1v) is 8.11. The van der Waals surface area contributed by atoms with Crippen molar-refractivity contribution >= 4 is 17.5 Å². The summed E-state index contributed by atoms with van der Waals surface area (Å²) in [4.78, 5) is 25.6. The standard InChI is InChI=1S/C20H24N2O2/c1-15-7-9-18(10-8-15)14-22(17(3)23)12-11-20(24)21-19-6-4-5-16(2)13-19/h4-10,13H,11-12,14H2,1-3H3,(H,21,24). The number of carbonyl (C=O) groups excluding carboxylic acids is 2. The normalized spacial score (nSPS) is 10.3. The minimum absolute atomic E-state index is 0.0288. The molecule has 0 saturated heterocycles. The fourth-order valence-electron chi connectivity index (χ4n) is 2.44. The van der Waals surface area contributed by atoms with Crippen LogP contribution in [-0.2, 0) is 16.1 Å². The maximum absolute atomic E-state index is 12.1. The Morgan fingerprint density at radius 2 is 1.71 bits per heavy atom. The molecule has 2 aromatic carbocycles. The monoisotopic (exact) mass is 324 g/mol. The van der Waals surface area contributed by atoms with Crippen molar-refractivity contribution in [1.29, 1.82) is 0 Å². The molecule has 0 aromatic heterocycles. The van der Waals surface area contributed by atoms with Gasteiger partial charge in [-0.25, -0.2) is 0 Å². The SMILES string of the molecule is CC(=O)N(CCC(=O)Nc1cccc(C)c1)Cc1ccc(C)cc1. The molecule has 0 radical (unpaired) electrons. The van der Waals surface area contributed by atoms with E-state index in [1.807, 2.05) is 62.4 Å². The van der Waals surface area contributed by atoms with Crippen LogP contribution in [0, 0.1) is 13.8 Å². The molecule has 2 amide bonds. The number of anilines is 1. The molecule has 4 nitrogen and oxygen atoms in total. The first-order chi connectivity index (χ1) is 11.4. The van der Waals surface area contributed by atoms with Gasteiger partial charge in [0.25, 0.3) is 0 Å². The van der Waals surface area contributed by atoms with E-state index in [9.17, 15) is 9.59 Å². The Morgan fingerprint density at radius 3 is 2.33 bits per heavy atom. The van der Waals surface area contributed by atoms with Gasteiger partial charge in [-0.05, 0) is 37.1 Å². The van der Waals surface area contributed by atoms with Gasteiger partial charge in [0, 0.05) is 32.1 Å². The van der Waals surface area contributed by atoms with Crippen molar-refractivity contribution in [1.82, 2.24) is 4.90 Å². The van der Waals surface area contributed by atoms with E-state index in [0.717, 1.165) is 16.8 Å². The molecule has 0 unspecified atom stereocenters. The smallest absolute Gasteiger partial charge is 0.226 e. The van der Waals surface area contributed by atoms with Gasteiger partial charge in [-0.3, -0.25) is 9.59 Å². The van der Waals surface area contributed by atoms with E-state index in [4.69, 9.17) is 0 Å². The lowest BCUT2D eigenvalue weighted by Crippen LogP contribution is -2.31. The molecule has 0 aliphatic carbocycles. The third-order valence-corrected chi connectivity index (χ3v) is 3.85. The van der Waals surface area contributed by atoms with E-state index in [0.29, 0.717) is 13.1 Å². The second-order valence-electron chi connectivity index (χ2n) is 6.09. The first-order valence-electron chi connectivity index (χ1n) is 8.11. The molecule has 0 fully saturated rings. The summed E-state index contributed by atoms with van der Waals surface area (Å²) in [6, 6.07) is 15.7. The topological polar surface area (TPSA) is 49.4 Å². The summed E-state index contributed by atoms with van der Waals surface area (Å²) < 4.78 is 0. The number of hydrogen-bond donors (Lipinski definition) is 1. The number of aryl methyl sites for hydroxylation is 2. The second kappa shape index (κ2) is 8.29. The summed E-state index contributed by atoms with van der Waals surface area (Å²) in [6.07, 6.45) is 0.277. The van der Waals surface area contributed by atoms with Crippen LogP contribution >= 0.6 is 0 Å². The highest BCUT2D eigenvalue weighted by atomic mass is 16.2. The molecule has 2 aromatic rings. The predicted molar refractivity (Wildman–Crippen MR) is 96.7 cm³/mol. The van der Waals surface area contributed by atoms with Crippen molar-refractivity contribution in [2.24, 2.45) is 0 Å². The van der Waals surface area contributed by atoms with Gasteiger partial charge in [0.05, 0.1) is 0 Å². The zero-order chi connectivity index (χ0) is 17.5. The second-order valence-corrected chi connectivity index (χ2v) is 6.09. The molecule has 0 aliphatic rings. The quantitative estimate of drug-likeness (QED) is 0.881. The zero-order valence-corrected chi connectivity index (χ0v) is 14.5. The van der Waals surface area contributed by atoms with E-state index in [2.05, 4.69) is 5.32 Å². The van der Waals surface area contributed by atoms with Crippen LogP contribution in [0.2, 0.25) is 0 Å². The third-order valence-electron chi connectivity index (χ3n) is 3.85. The molecular weight excluding hydrogens is 300 g/mol. The maximum Gasteiger partial charge on any atom is 0.226 e. The number of nitrogens with zero attached hydrogens (tertiary/aromatic N) is 1. The Kier molecular flexibility index (Phi) is 6.13.